The van der Waals surface area contributed by atoms with E-state index in [1.54, 1.807) is 35.2 Å². The molecule has 2 heterocycles. The molecule has 1 aliphatic heterocycles. The monoisotopic (exact) mass is 401 g/mol. The van der Waals surface area contributed by atoms with Gasteiger partial charge >= 0.3 is 0 Å². The van der Waals surface area contributed by atoms with Gasteiger partial charge in [0.25, 0.3) is 0 Å². The minimum Gasteiger partial charge on any atom is -0.472 e. The zero-order valence-electron chi connectivity index (χ0n) is 16.2. The lowest BCUT2D eigenvalue weighted by atomic mass is 10.0. The topological polar surface area (TPSA) is 72.4 Å². The van der Waals surface area contributed by atoms with Gasteiger partial charge in [0.1, 0.15) is 11.9 Å². The quantitative estimate of drug-likeness (QED) is 0.689. The second-order valence-electron chi connectivity index (χ2n) is 7.05. The van der Waals surface area contributed by atoms with Crippen molar-refractivity contribution in [3.8, 4) is 5.88 Å². The van der Waals surface area contributed by atoms with Crippen molar-refractivity contribution in [1.29, 1.82) is 0 Å². The number of hydrogen-bond donors (Lipinski definition) is 0. The van der Waals surface area contributed by atoms with E-state index in [2.05, 4.69) is 9.97 Å². The summed E-state index contributed by atoms with van der Waals surface area (Å²) in [5.41, 5.74) is 1.43. The SMILES string of the molecule is Cc1cc(OC2CCCN(C(=O)CCC(=O)c3ccc(Cl)cc3)C2)nc(C)n1. The van der Waals surface area contributed by atoms with Gasteiger partial charge in [-0.05, 0) is 51.0 Å². The largest absolute Gasteiger partial charge is 0.472 e. The van der Waals surface area contributed by atoms with Crippen molar-refractivity contribution in [1.82, 2.24) is 14.9 Å². The van der Waals surface area contributed by atoms with Gasteiger partial charge in [-0.15, -0.1) is 0 Å². The van der Waals surface area contributed by atoms with Crippen LogP contribution in [0.1, 0.15) is 47.6 Å². The number of ether oxygens (including phenoxy) is 1. The summed E-state index contributed by atoms with van der Waals surface area (Å²) in [4.78, 5) is 35.2. The zero-order valence-corrected chi connectivity index (χ0v) is 16.9. The average Bonchev–Trinajstić information content (AvgIpc) is 2.66. The number of rotatable bonds is 6. The van der Waals surface area contributed by atoms with E-state index >= 15 is 0 Å². The van der Waals surface area contributed by atoms with Gasteiger partial charge in [0, 0.05) is 41.7 Å². The van der Waals surface area contributed by atoms with Crippen LogP contribution >= 0.6 is 11.6 Å². The molecule has 1 unspecified atom stereocenters. The summed E-state index contributed by atoms with van der Waals surface area (Å²) < 4.78 is 5.98. The third-order valence-corrected chi connectivity index (χ3v) is 4.94. The fraction of sp³-hybridized carbons (Fsp3) is 0.429. The molecule has 1 aliphatic rings. The van der Waals surface area contributed by atoms with Crippen LogP contribution in [-0.2, 0) is 4.79 Å². The molecule has 28 heavy (non-hydrogen) atoms. The highest BCUT2D eigenvalue weighted by molar-refractivity contribution is 6.30. The summed E-state index contributed by atoms with van der Waals surface area (Å²) in [5, 5.41) is 0.584. The molecule has 148 valence electrons. The van der Waals surface area contributed by atoms with Crippen molar-refractivity contribution in [2.45, 2.75) is 45.6 Å². The number of likely N-dealkylation sites (tertiary alicyclic amines) is 1. The van der Waals surface area contributed by atoms with Gasteiger partial charge < -0.3 is 9.64 Å². The molecular weight excluding hydrogens is 378 g/mol. The summed E-state index contributed by atoms with van der Waals surface area (Å²) >= 11 is 5.84. The number of nitrogens with zero attached hydrogens (tertiary/aromatic N) is 3. The number of amides is 1. The first kappa shape index (κ1) is 20.3. The molecule has 1 aromatic carbocycles. The highest BCUT2D eigenvalue weighted by Gasteiger charge is 2.25. The van der Waals surface area contributed by atoms with Crippen LogP contribution in [0.2, 0.25) is 5.02 Å². The van der Waals surface area contributed by atoms with Crippen LogP contribution in [0.5, 0.6) is 5.88 Å². The molecule has 7 heteroatoms. The van der Waals surface area contributed by atoms with Crippen LogP contribution in [0.4, 0.5) is 0 Å². The van der Waals surface area contributed by atoms with Crippen LogP contribution in [0, 0.1) is 13.8 Å². The Morgan fingerprint density at radius 1 is 1.18 bits per heavy atom. The molecule has 0 radical (unpaired) electrons. The molecule has 1 fully saturated rings. The summed E-state index contributed by atoms with van der Waals surface area (Å²) in [7, 11) is 0. The summed E-state index contributed by atoms with van der Waals surface area (Å²) in [5.74, 6) is 1.13. The fourth-order valence-corrected chi connectivity index (χ4v) is 3.46. The second kappa shape index (κ2) is 9.15. The van der Waals surface area contributed by atoms with Crippen molar-refractivity contribution in [2.24, 2.45) is 0 Å². The van der Waals surface area contributed by atoms with Crippen molar-refractivity contribution >= 4 is 23.3 Å². The maximum atomic E-state index is 12.6. The van der Waals surface area contributed by atoms with Crippen LogP contribution in [-0.4, -0.2) is 45.8 Å². The minimum absolute atomic E-state index is 0.0225. The number of piperidine rings is 1. The predicted molar refractivity (Wildman–Crippen MR) is 107 cm³/mol. The highest BCUT2D eigenvalue weighted by Crippen LogP contribution is 2.19. The maximum Gasteiger partial charge on any atom is 0.223 e. The first-order valence-electron chi connectivity index (χ1n) is 9.46. The Kier molecular flexibility index (Phi) is 6.62. The standard InChI is InChI=1S/C21H24ClN3O3/c1-14-12-20(24-15(2)23-14)28-18-4-3-11-25(13-18)21(27)10-9-19(26)16-5-7-17(22)8-6-16/h5-8,12,18H,3-4,9-11,13H2,1-2H3. The number of aromatic nitrogens is 2. The Hall–Kier alpha value is -2.47. The second-order valence-corrected chi connectivity index (χ2v) is 7.48. The van der Waals surface area contributed by atoms with E-state index < -0.39 is 0 Å². The Labute approximate surface area is 169 Å². The number of aryl methyl sites for hydroxylation is 2. The maximum absolute atomic E-state index is 12.6. The molecule has 6 nitrogen and oxygen atoms in total. The normalized spacial score (nSPS) is 16.7. The third-order valence-electron chi connectivity index (χ3n) is 4.69. The summed E-state index contributed by atoms with van der Waals surface area (Å²) in [6.45, 7) is 4.93. The summed E-state index contributed by atoms with van der Waals surface area (Å²) in [6, 6.07) is 8.54. The zero-order chi connectivity index (χ0) is 20.1. The molecule has 0 aliphatic carbocycles. The smallest absolute Gasteiger partial charge is 0.223 e. The van der Waals surface area contributed by atoms with Crippen LogP contribution < -0.4 is 4.74 Å². The number of carbonyl (C=O) groups is 2. The Bertz CT molecular complexity index is 834. The lowest BCUT2D eigenvalue weighted by molar-refractivity contribution is -0.133. The van der Waals surface area contributed by atoms with E-state index in [-0.39, 0.29) is 30.6 Å². The third kappa shape index (κ3) is 5.52. The molecular formula is C21H24ClN3O3. The summed E-state index contributed by atoms with van der Waals surface area (Å²) in [6.07, 6.45) is 2.02. The van der Waals surface area contributed by atoms with Crippen molar-refractivity contribution in [3.05, 3.63) is 52.4 Å². The van der Waals surface area contributed by atoms with Gasteiger partial charge in [0.15, 0.2) is 5.78 Å². The number of hydrogen-bond acceptors (Lipinski definition) is 5. The van der Waals surface area contributed by atoms with E-state index in [4.69, 9.17) is 16.3 Å². The van der Waals surface area contributed by atoms with Crippen molar-refractivity contribution < 1.29 is 14.3 Å². The van der Waals surface area contributed by atoms with Gasteiger partial charge in [-0.25, -0.2) is 4.98 Å². The first-order valence-corrected chi connectivity index (χ1v) is 9.84. The molecule has 0 N–H and O–H groups in total. The predicted octanol–water partition coefficient (Wildman–Crippen LogP) is 3.78. The Morgan fingerprint density at radius 2 is 1.93 bits per heavy atom. The molecule has 1 atom stereocenters. The van der Waals surface area contributed by atoms with Gasteiger partial charge in [0.2, 0.25) is 11.8 Å². The number of ketones is 1. The van der Waals surface area contributed by atoms with Gasteiger partial charge in [-0.2, -0.15) is 4.98 Å². The van der Waals surface area contributed by atoms with E-state index in [0.29, 0.717) is 35.4 Å². The van der Waals surface area contributed by atoms with Crippen LogP contribution in [0.25, 0.3) is 0 Å². The lowest BCUT2D eigenvalue weighted by Crippen LogP contribution is -2.44. The van der Waals surface area contributed by atoms with Gasteiger partial charge in [-0.1, -0.05) is 11.6 Å². The fourth-order valence-electron chi connectivity index (χ4n) is 3.33. The van der Waals surface area contributed by atoms with Crippen molar-refractivity contribution in [3.63, 3.8) is 0 Å². The van der Waals surface area contributed by atoms with Crippen LogP contribution in [0.3, 0.4) is 0 Å². The number of benzene rings is 1. The van der Waals surface area contributed by atoms with Crippen molar-refractivity contribution in [2.75, 3.05) is 13.1 Å². The average molecular weight is 402 g/mol. The van der Waals surface area contributed by atoms with E-state index in [0.717, 1.165) is 18.5 Å². The van der Waals surface area contributed by atoms with Gasteiger partial charge in [-0.3, -0.25) is 9.59 Å². The lowest BCUT2D eigenvalue weighted by Gasteiger charge is -2.32. The Morgan fingerprint density at radius 3 is 2.64 bits per heavy atom. The van der Waals surface area contributed by atoms with Crippen LogP contribution in [0.15, 0.2) is 30.3 Å². The molecule has 3 rings (SSSR count). The van der Waals surface area contributed by atoms with E-state index in [1.165, 1.54) is 0 Å². The van der Waals surface area contributed by atoms with E-state index in [9.17, 15) is 9.59 Å². The number of Topliss-reactive ketones (excluding diaryl/α,β-unsaturated/α-hetero) is 1. The first-order chi connectivity index (χ1) is 13.4. The highest BCUT2D eigenvalue weighted by atomic mass is 35.5. The molecule has 0 saturated carbocycles. The minimum atomic E-state index is -0.0987. The molecule has 1 saturated heterocycles. The molecule has 1 aromatic heterocycles. The van der Waals surface area contributed by atoms with Gasteiger partial charge in [0.05, 0.1) is 6.54 Å². The molecule has 1 amide bonds. The number of carbonyl (C=O) groups excluding carboxylic acids is 2. The van der Waals surface area contributed by atoms with E-state index in [1.807, 2.05) is 13.8 Å². The molecule has 0 bridgehead atoms. The molecule has 0 spiro atoms. The molecule has 2 aromatic rings. The Balaban J connectivity index is 1.52. The number of halogens is 1.